The van der Waals surface area contributed by atoms with Gasteiger partial charge in [0.2, 0.25) is 11.8 Å². The number of carbonyl (C=O) groups is 3. The first-order valence-corrected chi connectivity index (χ1v) is 15.5. The maximum atomic E-state index is 14.6. The van der Waals surface area contributed by atoms with E-state index in [2.05, 4.69) is 29.1 Å². The topological polar surface area (TPSA) is 87.1 Å². The fourth-order valence-corrected chi connectivity index (χ4v) is 10.7. The van der Waals surface area contributed by atoms with Crippen LogP contribution in [0.3, 0.4) is 0 Å². The summed E-state index contributed by atoms with van der Waals surface area (Å²) in [5.74, 6) is -1.98. The maximum Gasteiger partial charge on any atom is 0.311 e. The summed E-state index contributed by atoms with van der Waals surface area (Å²) in [6, 6.07) is -1.13. The first-order valence-electron chi connectivity index (χ1n) is 13.7. The van der Waals surface area contributed by atoms with Crippen LogP contribution in [0.25, 0.3) is 0 Å². The van der Waals surface area contributed by atoms with E-state index in [1.54, 1.807) is 22.7 Å². The van der Waals surface area contributed by atoms with E-state index in [9.17, 15) is 19.5 Å². The third-order valence-corrected chi connectivity index (χ3v) is 12.3. The number of hydrogen-bond acceptors (Lipinski definition) is 6. The Balaban J connectivity index is 1.80. The molecule has 1 spiro atoms. The number of thioether (sulfide) groups is 1. The van der Waals surface area contributed by atoms with Gasteiger partial charge < -0.3 is 19.6 Å². The van der Waals surface area contributed by atoms with Gasteiger partial charge in [0, 0.05) is 22.7 Å². The minimum atomic E-state index is -0.750. The van der Waals surface area contributed by atoms with Crippen molar-refractivity contribution in [2.45, 2.75) is 91.7 Å². The number of carbonyl (C=O) groups excluding carboxylic acids is 3. The molecule has 37 heavy (non-hydrogen) atoms. The van der Waals surface area contributed by atoms with E-state index in [1.807, 2.05) is 18.7 Å². The molecule has 0 radical (unpaired) electrons. The summed E-state index contributed by atoms with van der Waals surface area (Å²) < 4.78 is 4.73. The molecule has 4 fully saturated rings. The lowest BCUT2D eigenvalue weighted by atomic mass is 9.71. The Morgan fingerprint density at radius 3 is 2.59 bits per heavy atom. The molecule has 3 aliphatic heterocycles. The quantitative estimate of drug-likeness (QED) is 0.221. The number of ether oxygens (including phenoxy) is 1. The first-order chi connectivity index (χ1) is 17.8. The summed E-state index contributed by atoms with van der Waals surface area (Å²) in [6.45, 7) is 11.9. The van der Waals surface area contributed by atoms with Gasteiger partial charge in [0.15, 0.2) is 0 Å². The van der Waals surface area contributed by atoms with Crippen molar-refractivity contribution in [3.63, 3.8) is 0 Å². The molecule has 0 aromatic carbocycles. The number of aliphatic hydroxyl groups excluding tert-OH is 1. The van der Waals surface area contributed by atoms with Crippen molar-refractivity contribution in [3.05, 3.63) is 25.3 Å². The second-order valence-electron chi connectivity index (χ2n) is 11.0. The Bertz CT molecular complexity index is 911. The van der Waals surface area contributed by atoms with E-state index in [-0.39, 0.29) is 47.1 Å². The molecule has 3 heterocycles. The number of alkyl halides is 1. The van der Waals surface area contributed by atoms with Gasteiger partial charge in [-0.25, -0.2) is 0 Å². The highest BCUT2D eigenvalue weighted by atomic mass is 79.9. The molecule has 1 saturated carbocycles. The lowest BCUT2D eigenvalue weighted by Gasteiger charge is -2.43. The zero-order valence-corrected chi connectivity index (χ0v) is 24.4. The van der Waals surface area contributed by atoms with Crippen molar-refractivity contribution in [2.75, 3.05) is 19.8 Å². The van der Waals surface area contributed by atoms with Gasteiger partial charge in [-0.15, -0.1) is 18.3 Å². The van der Waals surface area contributed by atoms with Crippen molar-refractivity contribution in [1.29, 1.82) is 0 Å². The molecule has 0 aromatic rings. The third kappa shape index (κ3) is 4.82. The van der Waals surface area contributed by atoms with Crippen LogP contribution < -0.4 is 0 Å². The van der Waals surface area contributed by atoms with Crippen LogP contribution in [0.1, 0.15) is 58.8 Å². The van der Waals surface area contributed by atoms with Crippen LogP contribution in [0.2, 0.25) is 0 Å². The van der Waals surface area contributed by atoms with Gasteiger partial charge in [-0.2, -0.15) is 0 Å². The summed E-state index contributed by atoms with van der Waals surface area (Å²) in [7, 11) is 0. The van der Waals surface area contributed by atoms with Gasteiger partial charge in [0.1, 0.15) is 12.6 Å². The molecule has 9 heteroatoms. The number of fused-ring (bicyclic) bond motifs is 1. The van der Waals surface area contributed by atoms with Crippen molar-refractivity contribution in [2.24, 2.45) is 17.8 Å². The Morgan fingerprint density at radius 2 is 2.00 bits per heavy atom. The van der Waals surface area contributed by atoms with Gasteiger partial charge >= 0.3 is 5.97 Å². The van der Waals surface area contributed by atoms with E-state index in [1.165, 1.54) is 12.5 Å². The van der Waals surface area contributed by atoms with Crippen LogP contribution in [0, 0.1) is 17.8 Å². The molecular formula is C28H41BrN2O5S. The number of likely N-dealkylation sites (tertiary alicyclic amines) is 1. The molecule has 8 atom stereocenters. The number of aliphatic hydroxyl groups is 1. The van der Waals surface area contributed by atoms with Crippen LogP contribution in [0.15, 0.2) is 25.3 Å². The van der Waals surface area contributed by atoms with Crippen molar-refractivity contribution < 1.29 is 24.2 Å². The average Bonchev–Trinajstić information content (AvgIpc) is 3.50. The summed E-state index contributed by atoms with van der Waals surface area (Å²) in [5, 5.41) is 10.4. The molecule has 7 nitrogen and oxygen atoms in total. The largest absolute Gasteiger partial charge is 0.461 e. The Morgan fingerprint density at radius 1 is 1.30 bits per heavy atom. The fourth-order valence-electron chi connectivity index (χ4n) is 7.13. The van der Waals surface area contributed by atoms with E-state index >= 15 is 0 Å². The van der Waals surface area contributed by atoms with E-state index < -0.39 is 34.6 Å². The highest BCUT2D eigenvalue weighted by molar-refractivity contribution is 9.09. The van der Waals surface area contributed by atoms with Crippen LogP contribution in [-0.2, 0) is 19.1 Å². The summed E-state index contributed by atoms with van der Waals surface area (Å²) in [6.07, 6.45) is 9.88. The average molecular weight is 598 g/mol. The van der Waals surface area contributed by atoms with Crippen LogP contribution in [0.5, 0.6) is 0 Å². The van der Waals surface area contributed by atoms with Gasteiger partial charge in [0.05, 0.1) is 29.2 Å². The van der Waals surface area contributed by atoms with Crippen LogP contribution in [-0.4, -0.2) is 85.4 Å². The number of rotatable bonds is 11. The minimum Gasteiger partial charge on any atom is -0.461 e. The highest BCUT2D eigenvalue weighted by Crippen LogP contribution is 2.68. The third-order valence-electron chi connectivity index (χ3n) is 9.05. The van der Waals surface area contributed by atoms with Crippen LogP contribution in [0.4, 0.5) is 0 Å². The smallest absolute Gasteiger partial charge is 0.311 e. The van der Waals surface area contributed by atoms with Crippen molar-refractivity contribution >= 4 is 45.5 Å². The Kier molecular flexibility index (Phi) is 9.17. The number of halogens is 1. The van der Waals surface area contributed by atoms with Gasteiger partial charge in [0.25, 0.3) is 0 Å². The molecule has 4 rings (SSSR count). The Labute approximate surface area is 233 Å². The second-order valence-corrected chi connectivity index (χ2v) is 13.8. The molecule has 4 aliphatic rings. The van der Waals surface area contributed by atoms with E-state index in [0.29, 0.717) is 13.0 Å². The minimum absolute atomic E-state index is 0.00449. The maximum absolute atomic E-state index is 14.6. The number of hydrogen-bond donors (Lipinski definition) is 1. The van der Waals surface area contributed by atoms with Gasteiger partial charge in [-0.05, 0) is 25.2 Å². The normalized spacial score (nSPS) is 34.6. The molecule has 1 N–H and O–H groups in total. The van der Waals surface area contributed by atoms with Crippen molar-refractivity contribution in [3.8, 4) is 0 Å². The predicted molar refractivity (Wildman–Crippen MR) is 149 cm³/mol. The Hall–Kier alpha value is -1.32. The lowest BCUT2D eigenvalue weighted by Crippen LogP contribution is -2.60. The number of nitrogens with zero attached hydrogens (tertiary/aromatic N) is 2. The summed E-state index contributed by atoms with van der Waals surface area (Å²) >= 11 is 5.40. The summed E-state index contributed by atoms with van der Waals surface area (Å²) in [5.41, 5.74) is 0. The molecule has 2 amide bonds. The summed E-state index contributed by atoms with van der Waals surface area (Å²) in [4.78, 5) is 45.9. The number of amides is 2. The first kappa shape index (κ1) is 28.7. The molecule has 3 saturated heterocycles. The molecule has 3 unspecified atom stereocenters. The molecule has 206 valence electrons. The van der Waals surface area contributed by atoms with Gasteiger partial charge in [-0.1, -0.05) is 74.2 Å². The zero-order valence-electron chi connectivity index (χ0n) is 22.0. The standard InChI is InChI=1S/C28H41BrN2O5S/c1-5-13-30(18-11-9-8-10-12-18)26(34)24-28-15-19(29)23(37-28)21(27(35)36-14-6-2)22(28)25(33)31(24)20(16-32)17(4)7-3/h5-6,17-24,32H,1-2,7-16H2,3-4H3/t17-,19?,20-,21-,22-,23-,24?,28?/m0/s1. The molecule has 0 aromatic heterocycles. The molecule has 2 bridgehead atoms. The van der Waals surface area contributed by atoms with E-state index in [0.717, 1.165) is 32.1 Å². The predicted octanol–water partition coefficient (Wildman–Crippen LogP) is 3.93. The van der Waals surface area contributed by atoms with Crippen LogP contribution >= 0.6 is 27.7 Å². The fraction of sp³-hybridized carbons (Fsp3) is 0.750. The highest BCUT2D eigenvalue weighted by Gasteiger charge is 2.77. The monoisotopic (exact) mass is 596 g/mol. The zero-order chi connectivity index (χ0) is 26.9. The second kappa shape index (κ2) is 11.8. The lowest BCUT2D eigenvalue weighted by molar-refractivity contribution is -0.154. The van der Waals surface area contributed by atoms with Gasteiger partial charge in [-0.3, -0.25) is 14.4 Å². The SMILES string of the molecule is C=CCOC(=O)[C@H]1[C@H]2C(=O)N([C@@H](CO)[C@@H](C)CC)C(C(=O)N(CC=C)C3CCCCC3)C23CC(Br)[C@@H]1S3. The number of esters is 1. The molecule has 1 aliphatic carbocycles. The van der Waals surface area contributed by atoms with E-state index in [4.69, 9.17) is 4.74 Å². The van der Waals surface area contributed by atoms with Crippen molar-refractivity contribution in [1.82, 2.24) is 9.80 Å². The molecular weight excluding hydrogens is 556 g/mol.